The number of carbonyl (C=O) groups excluding carboxylic acids is 1. The molecule has 0 aromatic heterocycles. The van der Waals surface area contributed by atoms with Gasteiger partial charge in [-0.25, -0.2) is 0 Å². The Morgan fingerprint density at radius 1 is 1.04 bits per heavy atom. The summed E-state index contributed by atoms with van der Waals surface area (Å²) in [4.78, 5) is 17.0. The number of hydrogen-bond donors (Lipinski definition) is 1. The summed E-state index contributed by atoms with van der Waals surface area (Å²) in [6.45, 7) is 4.47. The average Bonchev–Trinajstić information content (AvgIpc) is 2.69. The molecule has 0 unspecified atom stereocenters. The third-order valence-electron chi connectivity index (χ3n) is 4.65. The molecule has 1 saturated heterocycles. The Kier molecular flexibility index (Phi) is 6.24. The highest BCUT2D eigenvalue weighted by Crippen LogP contribution is 2.21. The quantitative estimate of drug-likeness (QED) is 0.837. The molecule has 144 valence electrons. The number of benzene rings is 2. The van der Waals surface area contributed by atoms with Gasteiger partial charge in [0.25, 0.3) is 5.91 Å². The molecule has 3 rings (SSSR count). The van der Waals surface area contributed by atoms with Gasteiger partial charge < -0.3 is 19.9 Å². The van der Waals surface area contributed by atoms with Crippen molar-refractivity contribution in [2.45, 2.75) is 13.5 Å². The summed E-state index contributed by atoms with van der Waals surface area (Å²) in [6.07, 6.45) is 0. The first-order valence-corrected chi connectivity index (χ1v) is 8.98. The summed E-state index contributed by atoms with van der Waals surface area (Å²) in [7, 11) is 0. The van der Waals surface area contributed by atoms with Gasteiger partial charge in [0.1, 0.15) is 5.75 Å². The van der Waals surface area contributed by atoms with Crippen LogP contribution in [0.4, 0.5) is 20.2 Å². The van der Waals surface area contributed by atoms with E-state index in [4.69, 9.17) is 0 Å². The predicted octanol–water partition coefficient (Wildman–Crippen LogP) is 3.68. The van der Waals surface area contributed by atoms with E-state index >= 15 is 0 Å². The molecule has 0 aliphatic carbocycles. The van der Waals surface area contributed by atoms with E-state index in [1.165, 1.54) is 24.3 Å². The van der Waals surface area contributed by atoms with Gasteiger partial charge in [0.2, 0.25) is 0 Å². The minimum atomic E-state index is -2.88. The number of halogens is 2. The molecule has 1 fully saturated rings. The van der Waals surface area contributed by atoms with Crippen molar-refractivity contribution < 1.29 is 18.3 Å². The van der Waals surface area contributed by atoms with E-state index in [2.05, 4.69) is 26.8 Å². The predicted molar refractivity (Wildman–Crippen MR) is 102 cm³/mol. The summed E-state index contributed by atoms with van der Waals surface area (Å²) in [6, 6.07) is 13.3. The lowest BCUT2D eigenvalue weighted by atomic mass is 10.2. The lowest BCUT2D eigenvalue weighted by molar-refractivity contribution is -0.0498. The molecule has 2 aromatic carbocycles. The number of anilines is 2. The molecule has 1 aliphatic rings. The van der Waals surface area contributed by atoms with E-state index in [1.54, 1.807) is 0 Å². The Morgan fingerprint density at radius 3 is 2.22 bits per heavy atom. The lowest BCUT2D eigenvalue weighted by Crippen LogP contribution is -2.46. The topological polar surface area (TPSA) is 44.8 Å². The highest BCUT2D eigenvalue weighted by Gasteiger charge is 2.16. The van der Waals surface area contributed by atoms with Crippen LogP contribution in [0.15, 0.2) is 48.5 Å². The van der Waals surface area contributed by atoms with Crippen LogP contribution in [0, 0.1) is 0 Å². The van der Waals surface area contributed by atoms with Gasteiger partial charge in [0.15, 0.2) is 0 Å². The molecular weight excluding hydrogens is 352 g/mol. The van der Waals surface area contributed by atoms with Gasteiger partial charge >= 0.3 is 6.61 Å². The monoisotopic (exact) mass is 375 g/mol. The smallest absolute Gasteiger partial charge is 0.387 e. The van der Waals surface area contributed by atoms with Crippen molar-refractivity contribution in [3.63, 3.8) is 0 Å². The van der Waals surface area contributed by atoms with E-state index in [0.29, 0.717) is 11.3 Å². The molecule has 1 aliphatic heterocycles. The summed E-state index contributed by atoms with van der Waals surface area (Å²) in [5.74, 6) is -0.281. The second-order valence-electron chi connectivity index (χ2n) is 6.33. The number of amides is 1. The Hall–Kier alpha value is -2.67. The summed E-state index contributed by atoms with van der Waals surface area (Å²) >= 11 is 0. The standard InChI is InChI=1S/C20H23F2N3O2/c1-2-24-11-13-25(14-12-24)17-7-5-16(6-8-17)23-19(26)15-3-9-18(10-4-15)27-20(21)22/h3-10,20H,2,11-14H2,1H3,(H,23,26). The average molecular weight is 375 g/mol. The summed E-state index contributed by atoms with van der Waals surface area (Å²) in [5.41, 5.74) is 2.19. The number of hydrogen-bond acceptors (Lipinski definition) is 4. The van der Waals surface area contributed by atoms with Gasteiger partial charge in [-0.05, 0) is 55.1 Å². The van der Waals surface area contributed by atoms with Crippen molar-refractivity contribution in [1.82, 2.24) is 4.90 Å². The third-order valence-corrected chi connectivity index (χ3v) is 4.65. The van der Waals surface area contributed by atoms with Crippen LogP contribution >= 0.6 is 0 Å². The second kappa shape index (κ2) is 8.81. The molecule has 1 N–H and O–H groups in total. The van der Waals surface area contributed by atoms with Crippen LogP contribution in [0.25, 0.3) is 0 Å². The van der Waals surface area contributed by atoms with Gasteiger partial charge in [0.05, 0.1) is 0 Å². The number of alkyl halides is 2. The minimum Gasteiger partial charge on any atom is -0.435 e. The Balaban J connectivity index is 1.57. The fourth-order valence-electron chi connectivity index (χ4n) is 3.07. The van der Waals surface area contributed by atoms with Gasteiger partial charge in [0, 0.05) is 43.1 Å². The Morgan fingerprint density at radius 2 is 1.67 bits per heavy atom. The SMILES string of the molecule is CCN1CCN(c2ccc(NC(=O)c3ccc(OC(F)F)cc3)cc2)CC1. The van der Waals surface area contributed by atoms with Crippen LogP contribution in [0.2, 0.25) is 0 Å². The van der Waals surface area contributed by atoms with Crippen molar-refractivity contribution in [3.8, 4) is 5.75 Å². The molecule has 0 spiro atoms. The van der Waals surface area contributed by atoms with Crippen molar-refractivity contribution in [3.05, 3.63) is 54.1 Å². The molecular formula is C20H23F2N3O2. The maximum Gasteiger partial charge on any atom is 0.387 e. The molecule has 0 atom stereocenters. The normalized spacial score (nSPS) is 15.0. The van der Waals surface area contributed by atoms with Crippen LogP contribution in [0.5, 0.6) is 5.75 Å². The van der Waals surface area contributed by atoms with E-state index in [9.17, 15) is 13.6 Å². The molecule has 1 amide bonds. The van der Waals surface area contributed by atoms with Crippen LogP contribution in [0.1, 0.15) is 17.3 Å². The largest absolute Gasteiger partial charge is 0.435 e. The van der Waals surface area contributed by atoms with Gasteiger partial charge in [-0.3, -0.25) is 4.79 Å². The zero-order valence-electron chi connectivity index (χ0n) is 15.2. The van der Waals surface area contributed by atoms with Crippen molar-refractivity contribution in [1.29, 1.82) is 0 Å². The first-order valence-electron chi connectivity index (χ1n) is 8.98. The summed E-state index contributed by atoms with van der Waals surface area (Å²) < 4.78 is 28.6. The number of piperazine rings is 1. The minimum absolute atomic E-state index is 0.0223. The van der Waals surface area contributed by atoms with E-state index in [-0.39, 0.29) is 11.7 Å². The number of carbonyl (C=O) groups is 1. The van der Waals surface area contributed by atoms with Gasteiger partial charge in [-0.1, -0.05) is 6.92 Å². The fraction of sp³-hybridized carbons (Fsp3) is 0.350. The maximum atomic E-state index is 12.3. The fourth-order valence-corrected chi connectivity index (χ4v) is 3.07. The molecule has 0 radical (unpaired) electrons. The van der Waals surface area contributed by atoms with Crippen LogP contribution in [-0.4, -0.2) is 50.1 Å². The Bertz CT molecular complexity index is 743. The molecule has 5 nitrogen and oxygen atoms in total. The highest BCUT2D eigenvalue weighted by atomic mass is 19.3. The van der Waals surface area contributed by atoms with Crippen LogP contribution < -0.4 is 15.0 Å². The number of nitrogens with one attached hydrogen (secondary N) is 1. The number of rotatable bonds is 6. The summed E-state index contributed by atoms with van der Waals surface area (Å²) in [5, 5.41) is 2.81. The molecule has 1 heterocycles. The number of ether oxygens (including phenoxy) is 1. The van der Waals surface area contributed by atoms with E-state index < -0.39 is 6.61 Å². The van der Waals surface area contributed by atoms with Gasteiger partial charge in [-0.15, -0.1) is 0 Å². The first kappa shape index (κ1) is 19.1. The van der Waals surface area contributed by atoms with Crippen molar-refractivity contribution in [2.24, 2.45) is 0 Å². The lowest BCUT2D eigenvalue weighted by Gasteiger charge is -2.35. The molecule has 2 aromatic rings. The van der Waals surface area contributed by atoms with Crippen molar-refractivity contribution >= 4 is 17.3 Å². The molecule has 0 saturated carbocycles. The maximum absolute atomic E-state index is 12.3. The zero-order chi connectivity index (χ0) is 19.2. The van der Waals surface area contributed by atoms with Gasteiger partial charge in [-0.2, -0.15) is 8.78 Å². The third kappa shape index (κ3) is 5.17. The molecule has 7 heteroatoms. The molecule has 27 heavy (non-hydrogen) atoms. The first-order chi connectivity index (χ1) is 13.0. The van der Waals surface area contributed by atoms with E-state index in [1.807, 2.05) is 24.3 Å². The van der Waals surface area contributed by atoms with Crippen LogP contribution in [-0.2, 0) is 0 Å². The zero-order valence-corrected chi connectivity index (χ0v) is 15.2. The van der Waals surface area contributed by atoms with E-state index in [0.717, 1.165) is 38.4 Å². The second-order valence-corrected chi connectivity index (χ2v) is 6.33. The Labute approximate surface area is 157 Å². The number of likely N-dealkylation sites (N-methyl/N-ethyl adjacent to an activating group) is 1. The van der Waals surface area contributed by atoms with Crippen molar-refractivity contribution in [2.75, 3.05) is 42.9 Å². The number of nitrogens with zero attached hydrogens (tertiary/aromatic N) is 2. The molecule has 0 bridgehead atoms. The highest BCUT2D eigenvalue weighted by molar-refractivity contribution is 6.04. The van der Waals surface area contributed by atoms with Crippen LogP contribution in [0.3, 0.4) is 0 Å².